The highest BCUT2D eigenvalue weighted by molar-refractivity contribution is 6.42. The van der Waals surface area contributed by atoms with Crippen molar-refractivity contribution in [3.05, 3.63) is 33.8 Å². The average molecular weight is 318 g/mol. The minimum Gasteiger partial charge on any atom is -0.388 e. The van der Waals surface area contributed by atoms with Crippen LogP contribution in [0.5, 0.6) is 0 Å². The molecule has 0 fully saturated rings. The van der Waals surface area contributed by atoms with E-state index in [4.69, 9.17) is 23.2 Å². The van der Waals surface area contributed by atoms with E-state index in [0.29, 0.717) is 22.4 Å². The zero-order valence-corrected chi connectivity index (χ0v) is 13.6. The molecule has 1 atom stereocenters. The zero-order chi connectivity index (χ0) is 15.3. The van der Waals surface area contributed by atoms with E-state index in [1.54, 1.807) is 25.1 Å². The Kier molecular flexibility index (Phi) is 6.31. The van der Waals surface area contributed by atoms with Crippen LogP contribution in [0.4, 0.5) is 0 Å². The maximum atomic E-state index is 11.8. The molecular weight excluding hydrogens is 297 g/mol. The summed E-state index contributed by atoms with van der Waals surface area (Å²) in [6, 6.07) is 5.11. The molecule has 0 aliphatic carbocycles. The Hall–Kier alpha value is -0.770. The fourth-order valence-corrected chi connectivity index (χ4v) is 2.46. The topological polar surface area (TPSA) is 49.3 Å². The number of nitrogens with one attached hydrogen (secondary N) is 1. The molecule has 3 nitrogen and oxygen atoms in total. The standard InChI is InChI=1S/C15H21Cl2NO2/c1-10(2)8-15(3,20)9-18-14(19)7-11-4-5-12(16)13(17)6-11/h4-6,10,20H,7-9H2,1-3H3,(H,18,19). The van der Waals surface area contributed by atoms with Gasteiger partial charge < -0.3 is 10.4 Å². The maximum absolute atomic E-state index is 11.8. The third-order valence-electron chi connectivity index (χ3n) is 2.86. The monoisotopic (exact) mass is 317 g/mol. The second-order valence-electron chi connectivity index (χ2n) is 5.80. The summed E-state index contributed by atoms with van der Waals surface area (Å²) in [6.07, 6.45) is 0.856. The van der Waals surface area contributed by atoms with Crippen molar-refractivity contribution < 1.29 is 9.90 Å². The van der Waals surface area contributed by atoms with Crippen molar-refractivity contribution in [1.29, 1.82) is 0 Å². The normalized spacial score (nSPS) is 14.2. The van der Waals surface area contributed by atoms with Crippen molar-refractivity contribution in [1.82, 2.24) is 5.32 Å². The molecule has 112 valence electrons. The Morgan fingerprint density at radius 1 is 1.35 bits per heavy atom. The van der Waals surface area contributed by atoms with Crippen LogP contribution in [-0.4, -0.2) is 23.2 Å². The van der Waals surface area contributed by atoms with Gasteiger partial charge in [0.2, 0.25) is 5.91 Å². The predicted molar refractivity (Wildman–Crippen MR) is 83.3 cm³/mol. The first-order valence-electron chi connectivity index (χ1n) is 6.62. The summed E-state index contributed by atoms with van der Waals surface area (Å²) in [4.78, 5) is 11.8. The van der Waals surface area contributed by atoms with Crippen molar-refractivity contribution >= 4 is 29.1 Å². The van der Waals surface area contributed by atoms with E-state index in [0.717, 1.165) is 5.56 Å². The molecule has 0 aliphatic rings. The Balaban J connectivity index is 2.49. The number of hydrogen-bond donors (Lipinski definition) is 2. The molecular formula is C15H21Cl2NO2. The summed E-state index contributed by atoms with van der Waals surface area (Å²) in [5, 5.41) is 13.8. The number of rotatable bonds is 6. The fraction of sp³-hybridized carbons (Fsp3) is 0.533. The molecule has 1 aromatic carbocycles. The van der Waals surface area contributed by atoms with E-state index >= 15 is 0 Å². The number of amides is 1. The molecule has 0 bridgehead atoms. The fourth-order valence-electron chi connectivity index (χ4n) is 2.14. The third kappa shape index (κ3) is 6.12. The summed E-state index contributed by atoms with van der Waals surface area (Å²) in [6.45, 7) is 6.04. The van der Waals surface area contributed by atoms with E-state index in [-0.39, 0.29) is 18.9 Å². The molecule has 5 heteroatoms. The van der Waals surface area contributed by atoms with Crippen LogP contribution in [-0.2, 0) is 11.2 Å². The third-order valence-corrected chi connectivity index (χ3v) is 3.60. The Morgan fingerprint density at radius 3 is 2.55 bits per heavy atom. The van der Waals surface area contributed by atoms with E-state index in [2.05, 4.69) is 5.32 Å². The quantitative estimate of drug-likeness (QED) is 0.844. The van der Waals surface area contributed by atoms with Crippen LogP contribution in [0.1, 0.15) is 32.8 Å². The van der Waals surface area contributed by atoms with Gasteiger partial charge in [-0.25, -0.2) is 0 Å². The highest BCUT2D eigenvalue weighted by Crippen LogP contribution is 2.22. The molecule has 1 rings (SSSR count). The first kappa shape index (κ1) is 17.3. The average Bonchev–Trinajstić information content (AvgIpc) is 2.30. The number of carbonyl (C=O) groups excluding carboxylic acids is 1. The largest absolute Gasteiger partial charge is 0.388 e. The van der Waals surface area contributed by atoms with Crippen molar-refractivity contribution in [2.75, 3.05) is 6.54 Å². The lowest BCUT2D eigenvalue weighted by atomic mass is 9.94. The van der Waals surface area contributed by atoms with Crippen LogP contribution in [0.2, 0.25) is 10.0 Å². The highest BCUT2D eigenvalue weighted by atomic mass is 35.5. The van der Waals surface area contributed by atoms with Gasteiger partial charge in [0.05, 0.1) is 22.1 Å². The molecule has 0 spiro atoms. The lowest BCUT2D eigenvalue weighted by Gasteiger charge is -2.25. The molecule has 2 N–H and O–H groups in total. The predicted octanol–water partition coefficient (Wildman–Crippen LogP) is 3.45. The van der Waals surface area contributed by atoms with E-state index in [1.165, 1.54) is 0 Å². The van der Waals surface area contributed by atoms with Gasteiger partial charge in [-0.15, -0.1) is 0 Å². The molecule has 0 aromatic heterocycles. The van der Waals surface area contributed by atoms with Crippen LogP contribution in [0.25, 0.3) is 0 Å². The maximum Gasteiger partial charge on any atom is 0.224 e. The number of aliphatic hydroxyl groups is 1. The van der Waals surface area contributed by atoms with Crippen LogP contribution in [0.3, 0.4) is 0 Å². The molecule has 0 heterocycles. The van der Waals surface area contributed by atoms with Crippen molar-refractivity contribution in [2.24, 2.45) is 5.92 Å². The van der Waals surface area contributed by atoms with Crippen molar-refractivity contribution in [3.63, 3.8) is 0 Å². The number of benzene rings is 1. The lowest BCUT2D eigenvalue weighted by Crippen LogP contribution is -2.42. The number of halogens is 2. The summed E-state index contributed by atoms with van der Waals surface area (Å²) < 4.78 is 0. The van der Waals surface area contributed by atoms with Gasteiger partial charge in [-0.1, -0.05) is 43.1 Å². The minimum atomic E-state index is -0.887. The van der Waals surface area contributed by atoms with Crippen LogP contribution >= 0.6 is 23.2 Å². The summed E-state index contributed by atoms with van der Waals surface area (Å²) >= 11 is 11.7. The van der Waals surface area contributed by atoms with Gasteiger partial charge in [-0.05, 0) is 37.0 Å². The molecule has 0 saturated carbocycles. The molecule has 0 radical (unpaired) electrons. The number of hydrogen-bond acceptors (Lipinski definition) is 2. The van der Waals surface area contributed by atoms with Gasteiger partial charge in [0.15, 0.2) is 0 Å². The summed E-state index contributed by atoms with van der Waals surface area (Å²) in [7, 11) is 0. The second-order valence-corrected chi connectivity index (χ2v) is 6.61. The lowest BCUT2D eigenvalue weighted by molar-refractivity contribution is -0.121. The van der Waals surface area contributed by atoms with Gasteiger partial charge in [0.1, 0.15) is 0 Å². The molecule has 0 aliphatic heterocycles. The first-order chi connectivity index (χ1) is 9.19. The van der Waals surface area contributed by atoms with E-state index in [9.17, 15) is 9.90 Å². The van der Waals surface area contributed by atoms with Gasteiger partial charge >= 0.3 is 0 Å². The Morgan fingerprint density at radius 2 is 2.00 bits per heavy atom. The first-order valence-corrected chi connectivity index (χ1v) is 7.38. The van der Waals surface area contributed by atoms with Crippen molar-refractivity contribution in [2.45, 2.75) is 39.2 Å². The van der Waals surface area contributed by atoms with Gasteiger partial charge in [0.25, 0.3) is 0 Å². The Labute approximate surface area is 130 Å². The van der Waals surface area contributed by atoms with Gasteiger partial charge in [-0.2, -0.15) is 0 Å². The Bertz CT molecular complexity index is 473. The molecule has 20 heavy (non-hydrogen) atoms. The van der Waals surface area contributed by atoms with Crippen LogP contribution < -0.4 is 5.32 Å². The smallest absolute Gasteiger partial charge is 0.224 e. The minimum absolute atomic E-state index is 0.146. The number of carbonyl (C=O) groups is 1. The van der Waals surface area contributed by atoms with Crippen LogP contribution in [0, 0.1) is 5.92 Å². The van der Waals surface area contributed by atoms with E-state index < -0.39 is 5.60 Å². The second kappa shape index (κ2) is 7.30. The molecule has 0 saturated heterocycles. The zero-order valence-electron chi connectivity index (χ0n) is 12.0. The summed E-state index contributed by atoms with van der Waals surface area (Å²) in [5.41, 5.74) is -0.0954. The van der Waals surface area contributed by atoms with Gasteiger partial charge in [0, 0.05) is 6.54 Å². The SMILES string of the molecule is CC(C)CC(C)(O)CNC(=O)Cc1ccc(Cl)c(Cl)c1. The van der Waals surface area contributed by atoms with Gasteiger partial charge in [-0.3, -0.25) is 4.79 Å². The van der Waals surface area contributed by atoms with Crippen LogP contribution in [0.15, 0.2) is 18.2 Å². The van der Waals surface area contributed by atoms with Crippen molar-refractivity contribution in [3.8, 4) is 0 Å². The summed E-state index contributed by atoms with van der Waals surface area (Å²) in [5.74, 6) is 0.226. The highest BCUT2D eigenvalue weighted by Gasteiger charge is 2.22. The molecule has 1 aromatic rings. The molecule has 1 amide bonds. The molecule has 1 unspecified atom stereocenters. The van der Waals surface area contributed by atoms with E-state index in [1.807, 2.05) is 13.8 Å².